The molecule has 0 aliphatic heterocycles. The number of para-hydroxylation sites is 1. The van der Waals surface area contributed by atoms with Crippen LogP contribution in [0.3, 0.4) is 0 Å². The second kappa shape index (κ2) is 13.3. The Morgan fingerprint density at radius 2 is 1.57 bits per heavy atom. The van der Waals surface area contributed by atoms with Crippen molar-refractivity contribution >= 4 is 45.4 Å². The summed E-state index contributed by atoms with van der Waals surface area (Å²) in [4.78, 5) is 53.4. The van der Waals surface area contributed by atoms with E-state index < -0.39 is 35.9 Å². The minimum Gasteiger partial charge on any atom is -0.481 e. The van der Waals surface area contributed by atoms with Crippen molar-refractivity contribution in [1.29, 1.82) is 0 Å². The molecule has 0 aliphatic rings. The number of pyridine rings is 1. The predicted octanol–water partition coefficient (Wildman–Crippen LogP) is 4.16. The highest BCUT2D eigenvalue weighted by molar-refractivity contribution is 5.97. The van der Waals surface area contributed by atoms with Crippen LogP contribution < -0.4 is 11.1 Å². The van der Waals surface area contributed by atoms with Gasteiger partial charge >= 0.3 is 11.9 Å². The summed E-state index contributed by atoms with van der Waals surface area (Å²) in [5.41, 5.74) is 7.17. The minimum atomic E-state index is -1.13. The molecule has 1 aromatic heterocycles. The highest BCUT2D eigenvalue weighted by Gasteiger charge is 2.27. The van der Waals surface area contributed by atoms with Crippen molar-refractivity contribution in [3.63, 3.8) is 0 Å². The number of nitrogens with two attached hydrogens (primary N) is 1. The van der Waals surface area contributed by atoms with E-state index in [0.717, 1.165) is 21.7 Å². The minimum absolute atomic E-state index is 0.0401. The molecule has 4 rings (SSSR count). The van der Waals surface area contributed by atoms with Crippen molar-refractivity contribution in [3.05, 3.63) is 90.1 Å². The Morgan fingerprint density at radius 1 is 0.875 bits per heavy atom. The van der Waals surface area contributed by atoms with Crippen LogP contribution in [0, 0.1) is 0 Å². The van der Waals surface area contributed by atoms with Gasteiger partial charge in [-0.1, -0.05) is 66.7 Å². The van der Waals surface area contributed by atoms with Crippen LogP contribution in [0.5, 0.6) is 0 Å². The van der Waals surface area contributed by atoms with E-state index in [1.807, 2.05) is 54.6 Å². The lowest BCUT2D eigenvalue weighted by molar-refractivity contribution is -0.153. The number of carbonyl (C=O) groups is 4. The number of rotatable bonds is 13. The topological polar surface area (TPSA) is 149 Å². The number of ether oxygens (including phenoxy) is 1. The molecule has 0 fully saturated rings. The monoisotopic (exact) mass is 541 g/mol. The lowest BCUT2D eigenvalue weighted by atomic mass is 10.0. The van der Waals surface area contributed by atoms with Gasteiger partial charge in [-0.25, -0.2) is 9.78 Å². The lowest BCUT2D eigenvalue weighted by Gasteiger charge is -2.22. The van der Waals surface area contributed by atoms with Gasteiger partial charge in [0.2, 0.25) is 5.91 Å². The summed E-state index contributed by atoms with van der Waals surface area (Å²) in [6.07, 6.45) is -0.116. The second-order valence-electron chi connectivity index (χ2n) is 9.65. The number of fused-ring (bicyclic) bond motifs is 2. The average Bonchev–Trinajstić information content (AvgIpc) is 2.94. The number of aryl methyl sites for hydroxylation is 1. The molecule has 9 heteroatoms. The standard InChI is InChI=1S/C31H31N3O6/c32-28(35)19-24(16-13-20-12-14-21-6-1-2-8-23(21)18-20)40-31(39)27(10-5-11-29(36)37)34-30(38)26-17-15-22-7-3-4-9-25(22)33-26/h1-4,6-9,12,14-15,17-18,24,27H,5,10-11,13,16,19H2,(H2,32,35)(H,34,38)(H,36,37)/t24-,27-/m0/s1. The van der Waals surface area contributed by atoms with Crippen LogP contribution >= 0.6 is 0 Å². The van der Waals surface area contributed by atoms with Gasteiger partial charge in [0.15, 0.2) is 0 Å². The number of esters is 1. The Kier molecular flexibility index (Phi) is 9.40. The molecule has 0 radical (unpaired) electrons. The highest BCUT2D eigenvalue weighted by Crippen LogP contribution is 2.19. The van der Waals surface area contributed by atoms with Crippen molar-refractivity contribution in [3.8, 4) is 0 Å². The van der Waals surface area contributed by atoms with E-state index in [0.29, 0.717) is 18.4 Å². The molecule has 3 aromatic carbocycles. The van der Waals surface area contributed by atoms with Gasteiger partial charge < -0.3 is 20.9 Å². The van der Waals surface area contributed by atoms with E-state index in [-0.39, 0.29) is 31.4 Å². The van der Waals surface area contributed by atoms with Crippen molar-refractivity contribution < 1.29 is 29.0 Å². The van der Waals surface area contributed by atoms with Gasteiger partial charge in [0.1, 0.15) is 17.8 Å². The van der Waals surface area contributed by atoms with E-state index in [1.54, 1.807) is 24.3 Å². The first-order chi connectivity index (χ1) is 19.3. The van der Waals surface area contributed by atoms with Gasteiger partial charge in [0.25, 0.3) is 5.91 Å². The van der Waals surface area contributed by atoms with E-state index in [4.69, 9.17) is 15.6 Å². The zero-order valence-corrected chi connectivity index (χ0v) is 21.9. The maximum Gasteiger partial charge on any atom is 0.328 e. The molecule has 0 saturated heterocycles. The van der Waals surface area contributed by atoms with Gasteiger partial charge in [-0.2, -0.15) is 0 Å². The normalized spacial score (nSPS) is 12.5. The number of nitrogens with zero attached hydrogens (tertiary/aromatic N) is 1. The van der Waals surface area contributed by atoms with Gasteiger partial charge in [0.05, 0.1) is 11.9 Å². The first-order valence-electron chi connectivity index (χ1n) is 13.1. The first-order valence-corrected chi connectivity index (χ1v) is 13.1. The van der Waals surface area contributed by atoms with Crippen LogP contribution in [0.25, 0.3) is 21.7 Å². The van der Waals surface area contributed by atoms with Gasteiger partial charge in [-0.05, 0) is 54.2 Å². The molecule has 0 aliphatic carbocycles. The number of aliphatic carboxylic acids is 1. The fraction of sp³-hybridized carbons (Fsp3) is 0.258. The summed E-state index contributed by atoms with van der Waals surface area (Å²) in [7, 11) is 0. The number of amides is 2. The molecule has 4 N–H and O–H groups in total. The molecule has 9 nitrogen and oxygen atoms in total. The number of carboxylic acid groups (broad SMARTS) is 1. The van der Waals surface area contributed by atoms with E-state index in [1.165, 1.54) is 0 Å². The molecular weight excluding hydrogens is 510 g/mol. The van der Waals surface area contributed by atoms with Crippen LogP contribution in [0.1, 0.15) is 48.2 Å². The van der Waals surface area contributed by atoms with Crippen LogP contribution in [0.15, 0.2) is 78.9 Å². The zero-order chi connectivity index (χ0) is 28.5. The van der Waals surface area contributed by atoms with E-state index >= 15 is 0 Å². The van der Waals surface area contributed by atoms with Crippen molar-refractivity contribution in [2.75, 3.05) is 0 Å². The largest absolute Gasteiger partial charge is 0.481 e. The van der Waals surface area contributed by atoms with Crippen LogP contribution in [-0.2, 0) is 25.5 Å². The van der Waals surface area contributed by atoms with E-state index in [9.17, 15) is 19.2 Å². The third-order valence-electron chi connectivity index (χ3n) is 6.58. The van der Waals surface area contributed by atoms with E-state index in [2.05, 4.69) is 10.3 Å². The fourth-order valence-electron chi connectivity index (χ4n) is 4.53. The van der Waals surface area contributed by atoms with Crippen LogP contribution in [0.2, 0.25) is 0 Å². The third kappa shape index (κ3) is 7.86. The Labute approximate surface area is 231 Å². The average molecular weight is 542 g/mol. The fourth-order valence-corrected chi connectivity index (χ4v) is 4.53. The van der Waals surface area contributed by atoms with Crippen LogP contribution in [0.4, 0.5) is 0 Å². The van der Waals surface area contributed by atoms with Gasteiger partial charge in [-0.3, -0.25) is 14.4 Å². The number of primary amides is 1. The summed E-state index contributed by atoms with van der Waals surface area (Å²) < 4.78 is 5.67. The molecular formula is C31H31N3O6. The SMILES string of the molecule is NC(=O)C[C@H](CCc1ccc2ccccc2c1)OC(=O)[C@H](CCCC(=O)O)NC(=O)c1ccc2ccccc2n1. The van der Waals surface area contributed by atoms with Crippen LogP contribution in [-0.4, -0.2) is 46.0 Å². The Morgan fingerprint density at radius 3 is 2.33 bits per heavy atom. The number of nitrogens with one attached hydrogen (secondary N) is 1. The number of aromatic nitrogens is 1. The number of carboxylic acids is 1. The lowest BCUT2D eigenvalue weighted by Crippen LogP contribution is -2.43. The molecule has 206 valence electrons. The summed E-state index contributed by atoms with van der Waals surface area (Å²) in [5.74, 6) is -2.99. The predicted molar refractivity (Wildman–Crippen MR) is 150 cm³/mol. The summed E-state index contributed by atoms with van der Waals surface area (Å²) >= 11 is 0. The van der Waals surface area contributed by atoms with Gasteiger partial charge in [0, 0.05) is 11.8 Å². The number of benzene rings is 3. The molecule has 2 amide bonds. The number of carbonyl (C=O) groups excluding carboxylic acids is 3. The summed E-state index contributed by atoms with van der Waals surface area (Å²) in [5, 5.41) is 14.7. The smallest absolute Gasteiger partial charge is 0.328 e. The van der Waals surface area contributed by atoms with Crippen molar-refractivity contribution in [2.45, 2.75) is 50.7 Å². The quantitative estimate of drug-likeness (QED) is 0.215. The summed E-state index contributed by atoms with van der Waals surface area (Å²) in [6, 6.07) is 23.5. The Hall–Kier alpha value is -4.79. The molecule has 1 heterocycles. The zero-order valence-electron chi connectivity index (χ0n) is 21.9. The molecule has 40 heavy (non-hydrogen) atoms. The number of hydrogen-bond donors (Lipinski definition) is 3. The first kappa shape index (κ1) is 28.2. The Bertz CT molecular complexity index is 1540. The van der Waals surface area contributed by atoms with Gasteiger partial charge in [-0.15, -0.1) is 0 Å². The van der Waals surface area contributed by atoms with Crippen molar-refractivity contribution in [2.24, 2.45) is 5.73 Å². The third-order valence-corrected chi connectivity index (χ3v) is 6.58. The number of hydrogen-bond acceptors (Lipinski definition) is 6. The second-order valence-corrected chi connectivity index (χ2v) is 9.65. The summed E-state index contributed by atoms with van der Waals surface area (Å²) in [6.45, 7) is 0. The maximum atomic E-state index is 13.2. The van der Waals surface area contributed by atoms with Crippen molar-refractivity contribution in [1.82, 2.24) is 10.3 Å². The molecule has 0 unspecified atom stereocenters. The molecule has 2 atom stereocenters. The highest BCUT2D eigenvalue weighted by atomic mass is 16.5. The molecule has 4 aromatic rings. The maximum absolute atomic E-state index is 13.2. The molecule has 0 bridgehead atoms. The molecule has 0 saturated carbocycles. The Balaban J connectivity index is 1.46. The molecule has 0 spiro atoms.